The van der Waals surface area contributed by atoms with Gasteiger partial charge in [-0.15, -0.1) is 0 Å². The van der Waals surface area contributed by atoms with Gasteiger partial charge in [-0.1, -0.05) is 381 Å². The van der Waals surface area contributed by atoms with Crippen molar-refractivity contribution in [3.63, 3.8) is 0 Å². The lowest BCUT2D eigenvalue weighted by Gasteiger charge is -2.40. The Morgan fingerprint density at radius 2 is 0.487 bits per heavy atom. The first-order valence-corrected chi connectivity index (χ1v) is 53.4. The normalized spacial score (nSPS) is 15.0. The highest BCUT2D eigenvalue weighted by molar-refractivity contribution is 7.99. The van der Waals surface area contributed by atoms with Gasteiger partial charge in [0.2, 0.25) is 0 Å². The highest BCUT2D eigenvalue weighted by atomic mass is 32.2. The van der Waals surface area contributed by atoms with Crippen LogP contribution in [0, 0.1) is 0 Å². The van der Waals surface area contributed by atoms with Crippen molar-refractivity contribution in [2.75, 3.05) is 9.80 Å². The first kappa shape index (κ1) is 83.8. The van der Waals surface area contributed by atoms with Crippen LogP contribution >= 0.6 is 23.5 Å². The molecule has 1 atom stereocenters. The Labute approximate surface area is 876 Å². The van der Waals surface area contributed by atoms with Crippen LogP contribution in [0.3, 0.4) is 0 Å². The van der Waals surface area contributed by atoms with E-state index in [-0.39, 0.29) is 0 Å². The van der Waals surface area contributed by atoms with Crippen LogP contribution in [-0.2, 0) is 21.7 Å². The third-order valence-corrected chi connectivity index (χ3v) is 36.3. The predicted molar refractivity (Wildman–Crippen MR) is 613 cm³/mol. The molecule has 33 rings (SSSR count). The van der Waals surface area contributed by atoms with E-state index in [9.17, 15) is 0 Å². The number of anilines is 6. The van der Waals surface area contributed by atoms with Gasteiger partial charge in [-0.25, -0.2) is 0 Å². The zero-order valence-electron chi connectivity index (χ0n) is 81.1. The van der Waals surface area contributed by atoms with E-state index in [4.69, 9.17) is 9.47 Å². The maximum absolute atomic E-state index is 7.47. The zero-order valence-corrected chi connectivity index (χ0v) is 82.7. The van der Waals surface area contributed by atoms with E-state index in [1.165, 1.54) is 152 Å². The zero-order chi connectivity index (χ0) is 98.0. The van der Waals surface area contributed by atoms with Gasteiger partial charge in [0.05, 0.1) is 55.1 Å². The van der Waals surface area contributed by atoms with Crippen LogP contribution in [0.1, 0.15) is 89.0 Å². The fraction of sp³-hybridized carbons (Fsp3) is 0.0282. The van der Waals surface area contributed by atoms with Gasteiger partial charge in [0.25, 0.3) is 0 Å². The Kier molecular flexibility index (Phi) is 17.6. The summed E-state index contributed by atoms with van der Waals surface area (Å²) in [4.78, 5) is 10.3. The summed E-state index contributed by atoms with van der Waals surface area (Å²) in [5, 5.41) is 4.72. The van der Waals surface area contributed by atoms with Gasteiger partial charge in [0.15, 0.2) is 0 Å². The molecular formula is C142H86N4O2S2. The molecule has 0 radical (unpaired) electrons. The molecule has 23 aromatic carbocycles. The summed E-state index contributed by atoms with van der Waals surface area (Å²) in [6.45, 7) is 0. The number of rotatable bonds is 10. The minimum Gasteiger partial charge on any atom is -0.457 e. The second-order valence-corrected chi connectivity index (χ2v) is 43.0. The van der Waals surface area contributed by atoms with E-state index in [2.05, 4.69) is 541 Å². The molecule has 6 heterocycles. The topological polar surface area (TPSA) is 34.8 Å². The molecule has 698 valence electrons. The number of benzene rings is 23. The molecule has 0 N–H and O–H groups in total. The first-order valence-electron chi connectivity index (χ1n) is 51.8. The molecule has 8 heteroatoms. The lowest BCUT2D eigenvalue weighted by molar-refractivity contribution is 0.436. The lowest BCUT2D eigenvalue weighted by Crippen LogP contribution is -2.32. The van der Waals surface area contributed by atoms with Gasteiger partial charge in [-0.3, -0.25) is 0 Å². The fourth-order valence-electron chi connectivity index (χ4n) is 28.2. The van der Waals surface area contributed by atoms with E-state index >= 15 is 0 Å². The molecule has 25 aromatic rings. The van der Waals surface area contributed by atoms with Gasteiger partial charge in [-0.05, 0) is 286 Å². The molecular weight excluding hydrogens is 1860 g/mol. The molecule has 0 amide bonds. The molecule has 2 aromatic heterocycles. The standard InChI is InChI=1S/C142H86N4O2S2/c1-2-34-91(35-3-1)145-123-56-21-9-40-100(123)106-86-96(75-80-126(106)145)144(95-74-78-112-104(85-95)98-38-5-11-44-108(98)140(112)119-52-19-28-65-135(119)150-136-66-29-20-53-120(136)140)128-59-32-55-122-138(128)102-42-7-13-46-110(102)142(122)115-49-16-25-62-131(115)148-132-83-90(69-76-116(132)142)88-33-30-36-93(81-88)146-124-57-22-8-39-99(124)105-82-89(70-79-125(105)146)87-67-71-92(72-68-87)143(94-73-77-111-103(84-94)97-37-4-10-43-107(97)139(111)117-50-17-26-63-133(117)149-134-64-27-18-51-118(134)139)127-58-31-54-121-137(127)101-41-6-12-45-109(101)141(121)113-47-14-23-60-129(113)147-130-61-24-15-48-114(130)141/h1-86H. The van der Waals surface area contributed by atoms with E-state index in [1.807, 2.05) is 23.5 Å². The molecule has 0 saturated heterocycles. The Morgan fingerprint density at radius 3 is 1.00 bits per heavy atom. The lowest BCUT2D eigenvalue weighted by atomic mass is 9.66. The van der Waals surface area contributed by atoms with Crippen LogP contribution in [0.5, 0.6) is 23.0 Å². The molecule has 150 heavy (non-hydrogen) atoms. The summed E-state index contributed by atoms with van der Waals surface area (Å²) >= 11 is 3.76. The minimum atomic E-state index is -0.815. The number of hydrogen-bond acceptors (Lipinski definition) is 6. The highest BCUT2D eigenvalue weighted by Gasteiger charge is 2.57. The molecule has 4 aliphatic heterocycles. The predicted octanol–water partition coefficient (Wildman–Crippen LogP) is 36.7. The number of ether oxygens (including phenoxy) is 2. The molecule has 1 unspecified atom stereocenters. The molecule has 6 nitrogen and oxygen atoms in total. The van der Waals surface area contributed by atoms with E-state index in [1.54, 1.807) is 0 Å². The monoisotopic (exact) mass is 1940 g/mol. The number of hydrogen-bond donors (Lipinski definition) is 0. The average molecular weight is 1940 g/mol. The largest absolute Gasteiger partial charge is 0.457 e. The number of aromatic nitrogens is 2. The molecule has 4 spiro atoms. The second-order valence-electron chi connectivity index (χ2n) is 40.9. The number of para-hydroxylation sites is 6. The quantitative estimate of drug-likeness (QED) is 0.136. The van der Waals surface area contributed by atoms with Crippen LogP contribution in [0.4, 0.5) is 34.1 Å². The van der Waals surface area contributed by atoms with Crippen molar-refractivity contribution in [2.24, 2.45) is 0 Å². The highest BCUT2D eigenvalue weighted by Crippen LogP contribution is 2.71. The summed E-state index contributed by atoms with van der Waals surface area (Å²) in [5.41, 5.74) is 44.4. The third-order valence-electron chi connectivity index (χ3n) is 33.9. The van der Waals surface area contributed by atoms with Crippen molar-refractivity contribution in [3.05, 3.63) is 611 Å². The molecule has 0 saturated carbocycles. The number of fused-ring (bicyclic) bond motifs is 42. The summed E-state index contributed by atoms with van der Waals surface area (Å²) < 4.78 is 19.3. The van der Waals surface area contributed by atoms with Crippen LogP contribution in [0.25, 0.3) is 122 Å². The summed E-state index contributed by atoms with van der Waals surface area (Å²) in [6.07, 6.45) is 0. The third kappa shape index (κ3) is 11.2. The van der Waals surface area contributed by atoms with Crippen molar-refractivity contribution in [3.8, 4) is 101 Å². The first-order chi connectivity index (χ1) is 74.4. The molecule has 0 bridgehead atoms. The maximum Gasteiger partial charge on any atom is 0.132 e. The summed E-state index contributed by atoms with van der Waals surface area (Å²) in [7, 11) is 0. The Morgan fingerprint density at radius 1 is 0.173 bits per heavy atom. The van der Waals surface area contributed by atoms with Gasteiger partial charge >= 0.3 is 0 Å². The van der Waals surface area contributed by atoms with Crippen molar-refractivity contribution in [1.29, 1.82) is 0 Å². The Bertz CT molecular complexity index is 10100. The van der Waals surface area contributed by atoms with E-state index in [0.717, 1.165) is 135 Å². The Balaban J connectivity index is 0.512. The summed E-state index contributed by atoms with van der Waals surface area (Å²) in [5.74, 6) is 3.38. The average Bonchev–Trinajstić information content (AvgIpc) is 1.52. The molecule has 4 aliphatic carbocycles. The maximum atomic E-state index is 7.47. The van der Waals surface area contributed by atoms with Crippen molar-refractivity contribution in [1.82, 2.24) is 9.13 Å². The van der Waals surface area contributed by atoms with Gasteiger partial charge in [0.1, 0.15) is 23.0 Å². The van der Waals surface area contributed by atoms with Crippen LogP contribution in [0.2, 0.25) is 0 Å². The van der Waals surface area contributed by atoms with Crippen LogP contribution in [-0.4, -0.2) is 9.13 Å². The van der Waals surface area contributed by atoms with Gasteiger partial charge in [-0.2, -0.15) is 0 Å². The van der Waals surface area contributed by atoms with Gasteiger partial charge in [0, 0.05) is 109 Å². The summed E-state index contributed by atoms with van der Waals surface area (Å²) in [6, 6.07) is 197. The fourth-order valence-corrected chi connectivity index (χ4v) is 30.6. The molecule has 0 fully saturated rings. The van der Waals surface area contributed by atoms with Crippen LogP contribution < -0.4 is 19.3 Å². The Hall–Kier alpha value is -18.4. The van der Waals surface area contributed by atoms with E-state index in [0.29, 0.717) is 0 Å². The van der Waals surface area contributed by atoms with Gasteiger partial charge < -0.3 is 28.4 Å². The van der Waals surface area contributed by atoms with E-state index < -0.39 is 21.7 Å². The minimum absolute atomic E-state index is 0.536. The van der Waals surface area contributed by atoms with Crippen molar-refractivity contribution in [2.45, 2.75) is 41.2 Å². The smallest absolute Gasteiger partial charge is 0.132 e. The van der Waals surface area contributed by atoms with Crippen molar-refractivity contribution >= 4 is 101 Å². The second kappa shape index (κ2) is 31.5. The number of nitrogens with zero attached hydrogens (tertiary/aromatic N) is 4. The van der Waals surface area contributed by atoms with Crippen LogP contribution in [0.15, 0.2) is 541 Å². The molecule has 8 aliphatic rings. The van der Waals surface area contributed by atoms with Crippen molar-refractivity contribution < 1.29 is 9.47 Å². The SMILES string of the molecule is c1ccc(-n2c3ccccc3c3cc(N(c4ccc5c(c4)-c4ccccc4C54c5ccccc5Sc5ccccc54)c4cccc5c4-c4ccccc4C54c5ccccc5Oc5cc(-c6cccc(-n7c8ccccc8c8cc(-c9ccc(N(c%10ccc%11c(c%10)-c%10ccccc%10C%11%10c%11ccccc%11Sc%11ccccc%11%10)c%10cccc%11c%10-c%10ccccc%10C%11%10c%11ccccc%11Oc%11ccccc%11%10)cc9)ccc87)c6)ccc54)ccc32)cc1.